The molecule has 1 unspecified atom stereocenters. The number of nitrogens with one attached hydrogen (secondary N) is 1. The Morgan fingerprint density at radius 2 is 1.79 bits per heavy atom. The van der Waals surface area contributed by atoms with Crippen LogP contribution in [-0.4, -0.2) is 124 Å². The van der Waals surface area contributed by atoms with E-state index in [9.17, 15) is 19.6 Å². The fourth-order valence-corrected chi connectivity index (χ4v) is 10.1. The van der Waals surface area contributed by atoms with Gasteiger partial charge in [0.25, 0.3) is 0 Å². The molecule has 4 aromatic heterocycles. The van der Waals surface area contributed by atoms with Crippen LogP contribution in [0.15, 0.2) is 39.8 Å². The van der Waals surface area contributed by atoms with Crippen molar-refractivity contribution in [3.63, 3.8) is 0 Å². The highest BCUT2D eigenvalue weighted by molar-refractivity contribution is 7.16. The minimum absolute atomic E-state index is 0.153. The van der Waals surface area contributed by atoms with Crippen LogP contribution in [-0.2, 0) is 42.7 Å². The highest BCUT2D eigenvalue weighted by atomic mass is 32.1. The van der Waals surface area contributed by atoms with Gasteiger partial charge in [-0.25, -0.2) is 14.8 Å². The molecule has 2 fully saturated rings. The summed E-state index contributed by atoms with van der Waals surface area (Å²) in [7, 11) is 1.64. The Balaban J connectivity index is 0.729. The molecule has 3 N–H and O–H groups in total. The number of aryl methyl sites for hydroxylation is 2. The number of carbonyl (C=O) groups excluding carboxylic acids is 2. The maximum absolute atomic E-state index is 13.1. The van der Waals surface area contributed by atoms with Crippen LogP contribution in [0.5, 0.6) is 5.75 Å². The molecule has 1 aromatic carbocycles. The lowest BCUT2D eigenvalue weighted by Crippen LogP contribution is -2.44. The van der Waals surface area contributed by atoms with E-state index < -0.39 is 17.4 Å². The van der Waals surface area contributed by atoms with Gasteiger partial charge >= 0.3 is 5.69 Å². The lowest BCUT2D eigenvalue weighted by Gasteiger charge is -2.30. The highest BCUT2D eigenvalue weighted by Crippen LogP contribution is 2.48. The third-order valence-electron chi connectivity index (χ3n) is 12.1. The molecule has 3 atom stereocenters. The number of nitrogens with two attached hydrogens (primary N) is 1. The SMILES string of the molecule is C[C@H]1CN(CCOCCOCCOCCOc2cccc3c2n(C)c(=O)n3C2CCC(=O)NC2=O)CCCN1c1nccc(-c2noc([C@@]3(C)CCCc4sc(N)c(C#N)c43)n2)n1. The van der Waals surface area contributed by atoms with Crippen LogP contribution in [0.4, 0.5) is 10.9 Å². The van der Waals surface area contributed by atoms with Crippen LogP contribution in [0.3, 0.4) is 0 Å². The number of hydrogen-bond acceptors (Lipinski definition) is 17. The van der Waals surface area contributed by atoms with Gasteiger partial charge in [0, 0.05) is 55.8 Å². The monoisotopic (exact) mass is 883 g/mol. The summed E-state index contributed by atoms with van der Waals surface area (Å²) in [6, 6.07) is 8.79. The summed E-state index contributed by atoms with van der Waals surface area (Å²) in [5, 5.41) is 17.1. The number of nitrogens with zero attached hydrogens (tertiary/aromatic N) is 9. The molecule has 20 heteroatoms. The second-order valence-electron chi connectivity index (χ2n) is 16.3. The molecule has 1 aliphatic carbocycles. The number of imidazole rings is 1. The Bertz CT molecular complexity index is 2540. The average Bonchev–Trinajstić information content (AvgIpc) is 3.93. The van der Waals surface area contributed by atoms with Crippen molar-refractivity contribution in [2.24, 2.45) is 7.05 Å². The smallest absolute Gasteiger partial charge is 0.329 e. The first-order valence-corrected chi connectivity index (χ1v) is 22.3. The van der Waals surface area contributed by atoms with Gasteiger partial charge in [0.05, 0.1) is 56.1 Å². The van der Waals surface area contributed by atoms with Gasteiger partial charge in [-0.15, -0.1) is 11.3 Å². The molecule has 0 saturated carbocycles. The molecule has 2 aliphatic heterocycles. The second-order valence-corrected chi connectivity index (χ2v) is 17.4. The third-order valence-corrected chi connectivity index (χ3v) is 13.2. The number of piperidine rings is 1. The van der Waals surface area contributed by atoms with E-state index in [0.717, 1.165) is 62.3 Å². The normalized spacial score (nSPS) is 20.7. The third kappa shape index (κ3) is 9.20. The minimum atomic E-state index is -0.762. The quantitative estimate of drug-likeness (QED) is 0.101. The zero-order valence-corrected chi connectivity index (χ0v) is 36.7. The summed E-state index contributed by atoms with van der Waals surface area (Å²) in [6.45, 7) is 10.5. The van der Waals surface area contributed by atoms with Crippen molar-refractivity contribution in [3.8, 4) is 23.3 Å². The number of nitrogen functional groups attached to an aromatic ring is 1. The summed E-state index contributed by atoms with van der Waals surface area (Å²) < 4.78 is 32.0. The van der Waals surface area contributed by atoms with Gasteiger partial charge in [-0.1, -0.05) is 11.2 Å². The number of imide groups is 1. The molecule has 6 heterocycles. The number of anilines is 2. The lowest BCUT2D eigenvalue weighted by atomic mass is 9.72. The molecule has 8 rings (SSSR count). The van der Waals surface area contributed by atoms with E-state index in [2.05, 4.69) is 45.2 Å². The number of ether oxygens (including phenoxy) is 4. The number of rotatable bonds is 17. The number of fused-ring (bicyclic) bond motifs is 2. The predicted octanol–water partition coefficient (Wildman–Crippen LogP) is 3.34. The van der Waals surface area contributed by atoms with Gasteiger partial charge in [0.1, 0.15) is 40.7 Å². The van der Waals surface area contributed by atoms with Crippen molar-refractivity contribution >= 4 is 45.1 Å². The van der Waals surface area contributed by atoms with Gasteiger partial charge in [-0.2, -0.15) is 10.2 Å². The summed E-state index contributed by atoms with van der Waals surface area (Å²) in [4.78, 5) is 57.4. The Hall–Kier alpha value is -5.72. The maximum Gasteiger partial charge on any atom is 0.329 e. The lowest BCUT2D eigenvalue weighted by molar-refractivity contribution is -0.135. The minimum Gasteiger partial charge on any atom is -0.489 e. The average molecular weight is 884 g/mol. The first kappa shape index (κ1) is 43.9. The van der Waals surface area contributed by atoms with Gasteiger partial charge < -0.3 is 34.1 Å². The van der Waals surface area contributed by atoms with E-state index in [0.29, 0.717) is 90.3 Å². The topological polar surface area (TPSA) is 231 Å². The molecule has 0 spiro atoms. The number of thiophene rings is 1. The van der Waals surface area contributed by atoms with Crippen molar-refractivity contribution in [1.29, 1.82) is 5.26 Å². The molecule has 63 heavy (non-hydrogen) atoms. The van der Waals surface area contributed by atoms with E-state index >= 15 is 0 Å². The number of amides is 2. The van der Waals surface area contributed by atoms with Crippen LogP contribution in [0.2, 0.25) is 0 Å². The van der Waals surface area contributed by atoms with Crippen molar-refractivity contribution in [1.82, 2.24) is 39.5 Å². The van der Waals surface area contributed by atoms with Crippen LogP contribution >= 0.6 is 11.3 Å². The van der Waals surface area contributed by atoms with E-state index in [1.807, 2.05) is 0 Å². The van der Waals surface area contributed by atoms with E-state index in [-0.39, 0.29) is 37.1 Å². The Morgan fingerprint density at radius 1 is 1.02 bits per heavy atom. The molecule has 19 nitrogen and oxygen atoms in total. The first-order chi connectivity index (χ1) is 30.6. The fourth-order valence-electron chi connectivity index (χ4n) is 8.92. The van der Waals surface area contributed by atoms with Crippen LogP contribution in [0.1, 0.15) is 73.9 Å². The molecule has 0 bridgehead atoms. The largest absolute Gasteiger partial charge is 0.489 e. The Morgan fingerprint density at radius 3 is 2.57 bits per heavy atom. The van der Waals surface area contributed by atoms with Crippen molar-refractivity contribution < 1.29 is 33.1 Å². The molecule has 334 valence electrons. The number of hydrogen-bond donors (Lipinski definition) is 2. The number of nitriles is 1. The van der Waals surface area contributed by atoms with Gasteiger partial charge in [0.15, 0.2) is 0 Å². The zero-order chi connectivity index (χ0) is 44.1. The molecular weight excluding hydrogens is 831 g/mol. The molecule has 2 saturated heterocycles. The Kier molecular flexibility index (Phi) is 13.5. The summed E-state index contributed by atoms with van der Waals surface area (Å²) >= 11 is 1.48. The molecule has 3 aliphatic rings. The van der Waals surface area contributed by atoms with Gasteiger partial charge in [0.2, 0.25) is 29.5 Å². The van der Waals surface area contributed by atoms with Crippen LogP contribution < -0.4 is 26.4 Å². The van der Waals surface area contributed by atoms with Crippen molar-refractivity contribution in [2.45, 2.75) is 69.9 Å². The van der Waals surface area contributed by atoms with Crippen molar-refractivity contribution in [2.75, 3.05) is 83.1 Å². The van der Waals surface area contributed by atoms with Gasteiger partial charge in [-0.05, 0) is 70.7 Å². The van der Waals surface area contributed by atoms with E-state index in [1.165, 1.54) is 20.5 Å². The number of aromatic nitrogens is 6. The Labute approximate surface area is 368 Å². The first-order valence-electron chi connectivity index (χ1n) is 21.5. The second kappa shape index (κ2) is 19.3. The molecular formula is C43H53N11O8S. The molecule has 2 amide bonds. The fraction of sp³-hybridized carbons (Fsp3) is 0.535. The molecule has 0 radical (unpaired) electrons. The van der Waals surface area contributed by atoms with Gasteiger partial charge in [-0.3, -0.25) is 28.9 Å². The van der Waals surface area contributed by atoms with Crippen LogP contribution in [0, 0.1) is 11.3 Å². The zero-order valence-electron chi connectivity index (χ0n) is 35.8. The van der Waals surface area contributed by atoms with E-state index in [4.69, 9.17) is 39.2 Å². The number of benzene rings is 1. The standard InChI is InChI=1S/C43H53N11O8S/c1-27-26-52(15-6-16-53(27)41-46-14-12-29(47-41)38-49-40(62-50-38)43(2)13-5-9-33-35(43)28(25-44)37(45)63-33)17-18-58-19-20-59-21-22-60-23-24-61-32-8-4-7-30-36(32)51(3)42(57)54(30)31-10-11-34(55)48-39(31)56/h4,7-8,12,14,27,31H,5-6,9-11,13,15-24,26,45H2,1-3H3,(H,48,55,56)/t27-,31?,43-/m0/s1. The summed E-state index contributed by atoms with van der Waals surface area (Å²) in [5.74, 6) is 1.15. The summed E-state index contributed by atoms with van der Waals surface area (Å²) in [6.07, 6.45) is 5.70. The maximum atomic E-state index is 13.1. The molecule has 5 aromatic rings. The number of carbonyl (C=O) groups is 2. The highest BCUT2D eigenvalue weighted by Gasteiger charge is 2.43. The van der Waals surface area contributed by atoms with E-state index in [1.54, 1.807) is 37.5 Å². The van der Waals surface area contributed by atoms with Crippen LogP contribution in [0.25, 0.3) is 22.6 Å². The predicted molar refractivity (Wildman–Crippen MR) is 233 cm³/mol. The summed E-state index contributed by atoms with van der Waals surface area (Å²) in [5.41, 5.74) is 8.40. The van der Waals surface area contributed by atoms with Crippen molar-refractivity contribution in [3.05, 3.63) is 62.8 Å². The number of para-hydroxylation sites is 1.